The van der Waals surface area contributed by atoms with Gasteiger partial charge in [0.2, 0.25) is 0 Å². The molecule has 0 unspecified atom stereocenters. The van der Waals surface area contributed by atoms with Crippen molar-refractivity contribution in [1.29, 1.82) is 0 Å². The molecule has 0 atom stereocenters. The molecule has 23 heavy (non-hydrogen) atoms. The number of nitrogens with one attached hydrogen (secondary N) is 1. The first kappa shape index (κ1) is 16.7. The van der Waals surface area contributed by atoms with Crippen LogP contribution in [0.3, 0.4) is 0 Å². The quantitative estimate of drug-likeness (QED) is 0.834. The van der Waals surface area contributed by atoms with Gasteiger partial charge in [0, 0.05) is 31.4 Å². The molecule has 0 saturated carbocycles. The van der Waals surface area contributed by atoms with Crippen molar-refractivity contribution in [2.24, 2.45) is 0 Å². The lowest BCUT2D eigenvalue weighted by Gasteiger charge is -2.19. The number of amides is 1. The van der Waals surface area contributed by atoms with Gasteiger partial charge in [0.25, 0.3) is 5.91 Å². The van der Waals surface area contributed by atoms with Crippen molar-refractivity contribution >= 4 is 5.91 Å². The summed E-state index contributed by atoms with van der Waals surface area (Å²) in [5, 5.41) is 2.62. The predicted molar refractivity (Wildman–Crippen MR) is 91.8 cm³/mol. The van der Waals surface area contributed by atoms with Crippen LogP contribution in [0, 0.1) is 19.3 Å². The summed E-state index contributed by atoms with van der Waals surface area (Å²) in [5.74, 6) is 2.61. The topological polar surface area (TPSA) is 45.2 Å². The number of pyridine rings is 1. The third kappa shape index (κ3) is 4.94. The first-order valence-electron chi connectivity index (χ1n) is 7.51. The summed E-state index contributed by atoms with van der Waals surface area (Å²) in [6, 6.07) is 13.6. The van der Waals surface area contributed by atoms with Crippen LogP contribution in [0.25, 0.3) is 0 Å². The van der Waals surface area contributed by atoms with Gasteiger partial charge >= 0.3 is 0 Å². The SMILES string of the molecule is C#CCN(Cc1ccc(C(=O)NC)cc1)Cc1cccc(C)n1. The second kappa shape index (κ2) is 8.11. The standard InChI is InChI=1S/C19H21N3O/c1-4-12-22(14-18-7-5-6-15(2)21-18)13-16-8-10-17(11-9-16)19(23)20-3/h1,5-11H,12-14H2,2-3H3,(H,20,23). The molecule has 118 valence electrons. The van der Waals surface area contributed by atoms with Crippen LogP contribution in [0.15, 0.2) is 42.5 Å². The van der Waals surface area contributed by atoms with Gasteiger partial charge in [-0.05, 0) is 36.8 Å². The minimum absolute atomic E-state index is 0.0824. The number of carbonyl (C=O) groups is 1. The molecular weight excluding hydrogens is 286 g/mol. The van der Waals surface area contributed by atoms with Gasteiger partial charge in [0.05, 0.1) is 12.2 Å². The first-order valence-corrected chi connectivity index (χ1v) is 7.51. The summed E-state index contributed by atoms with van der Waals surface area (Å²) < 4.78 is 0. The van der Waals surface area contributed by atoms with Crippen molar-refractivity contribution in [1.82, 2.24) is 15.2 Å². The average Bonchev–Trinajstić information content (AvgIpc) is 2.55. The molecule has 0 fully saturated rings. The van der Waals surface area contributed by atoms with E-state index in [0.717, 1.165) is 17.0 Å². The summed E-state index contributed by atoms with van der Waals surface area (Å²) in [4.78, 5) is 18.2. The Labute approximate surface area is 137 Å². The Hall–Kier alpha value is -2.64. The van der Waals surface area contributed by atoms with Crippen LogP contribution in [0.2, 0.25) is 0 Å². The fourth-order valence-electron chi connectivity index (χ4n) is 2.38. The largest absolute Gasteiger partial charge is 0.355 e. The molecule has 0 aliphatic heterocycles. The van der Waals surface area contributed by atoms with Crippen LogP contribution in [0.5, 0.6) is 0 Å². The molecule has 0 saturated heterocycles. The third-order valence-electron chi connectivity index (χ3n) is 3.50. The summed E-state index contributed by atoms with van der Waals surface area (Å²) >= 11 is 0. The Kier molecular flexibility index (Phi) is 5.90. The van der Waals surface area contributed by atoms with E-state index in [2.05, 4.69) is 21.1 Å². The maximum Gasteiger partial charge on any atom is 0.251 e. The van der Waals surface area contributed by atoms with Gasteiger partial charge in [-0.15, -0.1) is 6.42 Å². The van der Waals surface area contributed by atoms with E-state index in [-0.39, 0.29) is 5.91 Å². The zero-order valence-electron chi connectivity index (χ0n) is 13.5. The molecule has 0 spiro atoms. The van der Waals surface area contributed by atoms with Gasteiger partial charge in [0.15, 0.2) is 0 Å². The molecule has 1 aromatic heterocycles. The van der Waals surface area contributed by atoms with E-state index in [1.54, 1.807) is 7.05 Å². The van der Waals surface area contributed by atoms with Crippen LogP contribution in [0.4, 0.5) is 0 Å². The van der Waals surface area contributed by atoms with Gasteiger partial charge in [-0.1, -0.05) is 24.1 Å². The summed E-state index contributed by atoms with van der Waals surface area (Å²) in [6.45, 7) is 3.94. The Morgan fingerprint density at radius 2 is 1.96 bits per heavy atom. The summed E-state index contributed by atoms with van der Waals surface area (Å²) in [5.41, 5.74) is 3.76. The highest BCUT2D eigenvalue weighted by atomic mass is 16.1. The smallest absolute Gasteiger partial charge is 0.251 e. The minimum atomic E-state index is -0.0824. The van der Waals surface area contributed by atoms with E-state index in [4.69, 9.17) is 6.42 Å². The zero-order valence-corrected chi connectivity index (χ0v) is 13.5. The van der Waals surface area contributed by atoms with Gasteiger partial charge in [-0.2, -0.15) is 0 Å². The molecule has 1 amide bonds. The number of aromatic nitrogens is 1. The minimum Gasteiger partial charge on any atom is -0.355 e. The Morgan fingerprint density at radius 1 is 1.22 bits per heavy atom. The van der Waals surface area contributed by atoms with Gasteiger partial charge in [0.1, 0.15) is 0 Å². The average molecular weight is 307 g/mol. The van der Waals surface area contributed by atoms with E-state index in [0.29, 0.717) is 25.2 Å². The van der Waals surface area contributed by atoms with E-state index in [1.807, 2.05) is 49.4 Å². The second-order valence-electron chi connectivity index (χ2n) is 5.40. The van der Waals surface area contributed by atoms with Crippen molar-refractivity contribution < 1.29 is 4.79 Å². The molecule has 1 N–H and O–H groups in total. The Morgan fingerprint density at radius 3 is 2.57 bits per heavy atom. The van der Waals surface area contributed by atoms with Crippen LogP contribution in [-0.2, 0) is 13.1 Å². The van der Waals surface area contributed by atoms with E-state index < -0.39 is 0 Å². The number of hydrogen-bond donors (Lipinski definition) is 1. The third-order valence-corrected chi connectivity index (χ3v) is 3.50. The van der Waals surface area contributed by atoms with E-state index in [9.17, 15) is 4.79 Å². The van der Waals surface area contributed by atoms with Crippen molar-refractivity contribution in [2.75, 3.05) is 13.6 Å². The Balaban J connectivity index is 2.07. The molecule has 2 rings (SSSR count). The van der Waals surface area contributed by atoms with Crippen LogP contribution >= 0.6 is 0 Å². The van der Waals surface area contributed by atoms with Gasteiger partial charge in [-0.25, -0.2) is 0 Å². The number of nitrogens with zero attached hydrogens (tertiary/aromatic N) is 2. The molecule has 4 heteroatoms. The van der Waals surface area contributed by atoms with Crippen molar-refractivity contribution in [3.8, 4) is 12.3 Å². The van der Waals surface area contributed by atoms with Crippen molar-refractivity contribution in [3.05, 3.63) is 65.0 Å². The Bertz CT molecular complexity index is 701. The normalized spacial score (nSPS) is 10.3. The molecule has 0 radical (unpaired) electrons. The summed E-state index contributed by atoms with van der Waals surface area (Å²) in [7, 11) is 1.62. The zero-order chi connectivity index (χ0) is 16.7. The van der Waals surface area contributed by atoms with E-state index in [1.165, 1.54) is 0 Å². The molecule has 0 aliphatic carbocycles. The van der Waals surface area contributed by atoms with Crippen molar-refractivity contribution in [2.45, 2.75) is 20.0 Å². The lowest BCUT2D eigenvalue weighted by atomic mass is 10.1. The number of aryl methyl sites for hydroxylation is 1. The molecule has 0 bridgehead atoms. The number of benzene rings is 1. The van der Waals surface area contributed by atoms with E-state index >= 15 is 0 Å². The van der Waals surface area contributed by atoms with Crippen LogP contribution in [-0.4, -0.2) is 29.4 Å². The predicted octanol–water partition coefficient (Wildman–Crippen LogP) is 2.39. The van der Waals surface area contributed by atoms with Gasteiger partial charge < -0.3 is 5.32 Å². The first-order chi connectivity index (χ1) is 11.1. The number of hydrogen-bond acceptors (Lipinski definition) is 3. The lowest BCUT2D eigenvalue weighted by Crippen LogP contribution is -2.24. The van der Waals surface area contributed by atoms with Crippen molar-refractivity contribution in [3.63, 3.8) is 0 Å². The molecule has 1 aromatic carbocycles. The van der Waals surface area contributed by atoms with Crippen LogP contribution in [0.1, 0.15) is 27.3 Å². The molecule has 2 aromatic rings. The lowest BCUT2D eigenvalue weighted by molar-refractivity contribution is 0.0963. The fraction of sp³-hybridized carbons (Fsp3) is 0.263. The second-order valence-corrected chi connectivity index (χ2v) is 5.40. The summed E-state index contributed by atoms with van der Waals surface area (Å²) in [6.07, 6.45) is 5.48. The monoisotopic (exact) mass is 307 g/mol. The highest BCUT2D eigenvalue weighted by Crippen LogP contribution is 2.10. The maximum atomic E-state index is 11.6. The highest BCUT2D eigenvalue weighted by Gasteiger charge is 2.08. The molecule has 0 aliphatic rings. The number of rotatable bonds is 6. The highest BCUT2D eigenvalue weighted by molar-refractivity contribution is 5.93. The van der Waals surface area contributed by atoms with Gasteiger partial charge in [-0.3, -0.25) is 14.7 Å². The molecule has 4 nitrogen and oxygen atoms in total. The fourth-order valence-corrected chi connectivity index (χ4v) is 2.38. The van der Waals surface area contributed by atoms with Crippen LogP contribution < -0.4 is 5.32 Å². The number of terminal acetylenes is 1. The maximum absolute atomic E-state index is 11.6. The molecule has 1 heterocycles. The number of carbonyl (C=O) groups excluding carboxylic acids is 1. The molecular formula is C19H21N3O.